The SMILES string of the molecule is CCOC(=O)C(CBr)(OC(=O)c1ccco1)C(=O)NC(C)(C)C. The van der Waals surface area contributed by atoms with Gasteiger partial charge in [-0.1, -0.05) is 15.9 Å². The maximum atomic E-state index is 12.6. The maximum Gasteiger partial charge on any atom is 0.375 e. The molecule has 1 aromatic rings. The molecule has 23 heavy (non-hydrogen) atoms. The van der Waals surface area contributed by atoms with Gasteiger partial charge in [-0.3, -0.25) is 4.79 Å². The molecule has 128 valence electrons. The van der Waals surface area contributed by atoms with Crippen LogP contribution in [0.1, 0.15) is 38.2 Å². The molecule has 1 amide bonds. The van der Waals surface area contributed by atoms with Crippen molar-refractivity contribution in [3.63, 3.8) is 0 Å². The zero-order valence-electron chi connectivity index (χ0n) is 13.5. The summed E-state index contributed by atoms with van der Waals surface area (Å²) in [6, 6.07) is 2.86. The normalized spacial score (nSPS) is 13.8. The minimum atomic E-state index is -2.15. The summed E-state index contributed by atoms with van der Waals surface area (Å²) in [6.07, 6.45) is 1.28. The van der Waals surface area contributed by atoms with E-state index in [0.29, 0.717) is 0 Å². The van der Waals surface area contributed by atoms with Crippen molar-refractivity contribution in [2.75, 3.05) is 11.9 Å². The Morgan fingerprint density at radius 1 is 1.30 bits per heavy atom. The number of furan rings is 1. The first-order chi connectivity index (χ1) is 10.7. The van der Waals surface area contributed by atoms with Crippen molar-refractivity contribution >= 4 is 33.8 Å². The van der Waals surface area contributed by atoms with Crippen molar-refractivity contribution < 1.29 is 28.3 Å². The Morgan fingerprint density at radius 2 is 1.96 bits per heavy atom. The predicted octanol–water partition coefficient (Wildman–Crippen LogP) is 2.05. The Bertz CT molecular complexity index is 563. The van der Waals surface area contributed by atoms with Gasteiger partial charge in [0.05, 0.1) is 18.2 Å². The largest absolute Gasteiger partial charge is 0.463 e. The van der Waals surface area contributed by atoms with E-state index < -0.39 is 29.0 Å². The van der Waals surface area contributed by atoms with Crippen molar-refractivity contribution in [2.45, 2.75) is 38.8 Å². The fourth-order valence-electron chi connectivity index (χ4n) is 1.62. The molecule has 0 saturated carbocycles. The number of nitrogens with one attached hydrogen (secondary N) is 1. The second kappa shape index (κ2) is 7.63. The van der Waals surface area contributed by atoms with Crippen LogP contribution in [0.2, 0.25) is 0 Å². The van der Waals surface area contributed by atoms with E-state index in [9.17, 15) is 14.4 Å². The van der Waals surface area contributed by atoms with Gasteiger partial charge in [0.25, 0.3) is 11.5 Å². The van der Waals surface area contributed by atoms with Crippen LogP contribution in [0.5, 0.6) is 0 Å². The molecule has 0 fully saturated rings. The van der Waals surface area contributed by atoms with Gasteiger partial charge in [0.15, 0.2) is 0 Å². The van der Waals surface area contributed by atoms with E-state index in [1.54, 1.807) is 27.7 Å². The van der Waals surface area contributed by atoms with Crippen molar-refractivity contribution in [3.05, 3.63) is 24.2 Å². The molecule has 1 aromatic heterocycles. The van der Waals surface area contributed by atoms with Crippen LogP contribution in [0.25, 0.3) is 0 Å². The second-order valence-electron chi connectivity index (χ2n) is 5.75. The van der Waals surface area contributed by atoms with Gasteiger partial charge in [0.1, 0.15) is 0 Å². The summed E-state index contributed by atoms with van der Waals surface area (Å²) < 4.78 is 15.0. The summed E-state index contributed by atoms with van der Waals surface area (Å²) >= 11 is 3.07. The zero-order valence-corrected chi connectivity index (χ0v) is 15.1. The molecule has 0 radical (unpaired) electrons. The highest BCUT2D eigenvalue weighted by atomic mass is 79.9. The first-order valence-corrected chi connectivity index (χ1v) is 8.11. The molecule has 1 unspecified atom stereocenters. The number of ether oxygens (including phenoxy) is 2. The van der Waals surface area contributed by atoms with Crippen molar-refractivity contribution in [3.8, 4) is 0 Å². The summed E-state index contributed by atoms with van der Waals surface area (Å²) in [7, 11) is 0. The van der Waals surface area contributed by atoms with Crippen LogP contribution in [0, 0.1) is 0 Å². The van der Waals surface area contributed by atoms with Gasteiger partial charge in [-0.2, -0.15) is 0 Å². The molecule has 0 aliphatic heterocycles. The van der Waals surface area contributed by atoms with Gasteiger partial charge in [-0.15, -0.1) is 0 Å². The lowest BCUT2D eigenvalue weighted by atomic mass is 10.0. The Labute approximate surface area is 142 Å². The van der Waals surface area contributed by atoms with Crippen molar-refractivity contribution in [2.24, 2.45) is 0 Å². The van der Waals surface area contributed by atoms with Gasteiger partial charge >= 0.3 is 11.9 Å². The third-order valence-corrected chi connectivity index (χ3v) is 3.43. The number of rotatable bonds is 6. The number of carbonyl (C=O) groups is 3. The average Bonchev–Trinajstić information content (AvgIpc) is 2.97. The Balaban J connectivity index is 3.15. The first kappa shape index (κ1) is 19.2. The number of hydrogen-bond acceptors (Lipinski definition) is 6. The quantitative estimate of drug-likeness (QED) is 0.454. The third-order valence-electron chi connectivity index (χ3n) is 2.64. The van der Waals surface area contributed by atoms with Crippen LogP contribution >= 0.6 is 15.9 Å². The average molecular weight is 390 g/mol. The number of esters is 2. The summed E-state index contributed by atoms with van der Waals surface area (Å²) in [4.78, 5) is 37.0. The highest BCUT2D eigenvalue weighted by Crippen LogP contribution is 2.22. The maximum absolute atomic E-state index is 12.6. The molecule has 1 rings (SSSR count). The van der Waals surface area contributed by atoms with Crippen LogP contribution < -0.4 is 5.32 Å². The topological polar surface area (TPSA) is 94.8 Å². The Kier molecular flexibility index (Phi) is 6.37. The third kappa shape index (κ3) is 4.82. The van der Waals surface area contributed by atoms with E-state index in [1.807, 2.05) is 0 Å². The molecule has 1 heterocycles. The van der Waals surface area contributed by atoms with Crippen LogP contribution in [-0.2, 0) is 19.1 Å². The van der Waals surface area contributed by atoms with E-state index in [1.165, 1.54) is 18.4 Å². The number of halogens is 1. The lowest BCUT2D eigenvalue weighted by Crippen LogP contribution is -2.61. The molecular formula is C15H20BrNO6. The van der Waals surface area contributed by atoms with Gasteiger partial charge in [0.2, 0.25) is 5.76 Å². The van der Waals surface area contributed by atoms with E-state index in [-0.39, 0.29) is 17.7 Å². The lowest BCUT2D eigenvalue weighted by Gasteiger charge is -2.31. The summed E-state index contributed by atoms with van der Waals surface area (Å²) in [5, 5.41) is 2.37. The number of carbonyl (C=O) groups excluding carboxylic acids is 3. The predicted molar refractivity (Wildman–Crippen MR) is 85.2 cm³/mol. The van der Waals surface area contributed by atoms with Gasteiger partial charge in [-0.25, -0.2) is 9.59 Å². The molecule has 0 aliphatic rings. The van der Waals surface area contributed by atoms with Crippen LogP contribution in [0.15, 0.2) is 22.8 Å². The first-order valence-electron chi connectivity index (χ1n) is 6.99. The van der Waals surface area contributed by atoms with E-state index in [0.717, 1.165) is 0 Å². The molecule has 1 atom stereocenters. The molecule has 8 heteroatoms. The molecule has 0 aliphatic carbocycles. The van der Waals surface area contributed by atoms with Gasteiger partial charge in [-0.05, 0) is 39.8 Å². The fraction of sp³-hybridized carbons (Fsp3) is 0.533. The molecular weight excluding hydrogens is 370 g/mol. The van der Waals surface area contributed by atoms with E-state index >= 15 is 0 Å². The number of alkyl halides is 1. The second-order valence-corrected chi connectivity index (χ2v) is 6.31. The Hall–Kier alpha value is -1.83. The summed E-state index contributed by atoms with van der Waals surface area (Å²) in [5.74, 6) is -2.80. The zero-order chi connectivity index (χ0) is 17.7. The van der Waals surface area contributed by atoms with Crippen molar-refractivity contribution in [1.82, 2.24) is 5.32 Å². The standard InChI is InChI=1S/C15H20BrNO6/c1-5-21-13(20)15(9-16,12(19)17-14(2,3)4)23-11(18)10-7-6-8-22-10/h6-8H,5,9H2,1-4H3,(H,17,19). The Morgan fingerprint density at radius 3 is 2.39 bits per heavy atom. The van der Waals surface area contributed by atoms with Crippen LogP contribution in [0.4, 0.5) is 0 Å². The van der Waals surface area contributed by atoms with E-state index in [2.05, 4.69) is 21.2 Å². The molecule has 0 aromatic carbocycles. The minimum Gasteiger partial charge on any atom is -0.463 e. The minimum absolute atomic E-state index is 0.0364. The van der Waals surface area contributed by atoms with Gasteiger partial charge < -0.3 is 19.2 Å². The summed E-state index contributed by atoms with van der Waals surface area (Å²) in [6.45, 7) is 6.85. The van der Waals surface area contributed by atoms with Crippen LogP contribution in [0.3, 0.4) is 0 Å². The van der Waals surface area contributed by atoms with Crippen LogP contribution in [-0.4, -0.2) is 40.9 Å². The highest BCUT2D eigenvalue weighted by Gasteiger charge is 2.52. The summed E-state index contributed by atoms with van der Waals surface area (Å²) in [5.41, 5.74) is -2.78. The molecule has 1 N–H and O–H groups in total. The molecule has 7 nitrogen and oxygen atoms in total. The number of amides is 1. The monoisotopic (exact) mass is 389 g/mol. The van der Waals surface area contributed by atoms with Gasteiger partial charge in [0, 0.05) is 5.54 Å². The molecule has 0 spiro atoms. The van der Waals surface area contributed by atoms with E-state index in [4.69, 9.17) is 13.9 Å². The fourth-order valence-corrected chi connectivity index (χ4v) is 2.21. The smallest absolute Gasteiger partial charge is 0.375 e. The highest BCUT2D eigenvalue weighted by molar-refractivity contribution is 9.09. The molecule has 0 saturated heterocycles. The van der Waals surface area contributed by atoms with Crippen molar-refractivity contribution in [1.29, 1.82) is 0 Å². The molecule has 0 bridgehead atoms. The lowest BCUT2D eigenvalue weighted by molar-refractivity contribution is -0.169. The number of hydrogen-bond donors (Lipinski definition) is 1.